The topological polar surface area (TPSA) is 89.1 Å². The van der Waals surface area contributed by atoms with Gasteiger partial charge in [0.25, 0.3) is 0 Å². The van der Waals surface area contributed by atoms with E-state index in [1.807, 2.05) is 32.9 Å². The Hall–Kier alpha value is -2.64. The molecule has 1 fully saturated rings. The van der Waals surface area contributed by atoms with Gasteiger partial charge in [-0.15, -0.1) is 0 Å². The molecule has 0 aliphatic carbocycles. The lowest BCUT2D eigenvalue weighted by atomic mass is 9.88. The Morgan fingerprint density at radius 3 is 2.21 bits per heavy atom. The summed E-state index contributed by atoms with van der Waals surface area (Å²) in [6, 6.07) is 3.57. The van der Waals surface area contributed by atoms with Gasteiger partial charge in [-0.3, -0.25) is 4.79 Å². The zero-order chi connectivity index (χ0) is 21.6. The van der Waals surface area contributed by atoms with Crippen LogP contribution in [-0.2, 0) is 4.79 Å². The third-order valence-electron chi connectivity index (χ3n) is 5.02. The van der Waals surface area contributed by atoms with Crippen molar-refractivity contribution in [2.24, 2.45) is 5.92 Å². The number of carbonyl (C=O) groups excluding carboxylic acids is 2. The quantitative estimate of drug-likeness (QED) is 0.691. The summed E-state index contributed by atoms with van der Waals surface area (Å²) >= 11 is 0. The third-order valence-corrected chi connectivity index (χ3v) is 5.02. The fourth-order valence-electron chi connectivity index (χ4n) is 3.61. The second kappa shape index (κ2) is 10.2. The van der Waals surface area contributed by atoms with Gasteiger partial charge < -0.3 is 29.7 Å². The van der Waals surface area contributed by atoms with Crippen LogP contribution in [0.2, 0.25) is 0 Å². The fraction of sp³-hybridized carbons (Fsp3) is 0.619. The van der Waals surface area contributed by atoms with E-state index in [1.165, 1.54) is 0 Å². The summed E-state index contributed by atoms with van der Waals surface area (Å²) in [5.41, 5.74) is 0.871. The summed E-state index contributed by atoms with van der Waals surface area (Å²) in [6.07, 6.45) is 0.852. The van der Waals surface area contributed by atoms with Crippen molar-refractivity contribution in [1.29, 1.82) is 0 Å². The summed E-state index contributed by atoms with van der Waals surface area (Å²) in [7, 11) is 4.67. The molecule has 8 heteroatoms. The SMILES string of the molecule is CCCNC(=O)C1CN(C(=O)NC(C)C)CC1c1cc(OC)c(OC)c(OC)c1. The van der Waals surface area contributed by atoms with Crippen molar-refractivity contribution < 1.29 is 23.8 Å². The van der Waals surface area contributed by atoms with Gasteiger partial charge >= 0.3 is 6.03 Å². The highest BCUT2D eigenvalue weighted by atomic mass is 16.5. The Labute approximate surface area is 172 Å². The van der Waals surface area contributed by atoms with Crippen molar-refractivity contribution in [1.82, 2.24) is 15.5 Å². The maximum absolute atomic E-state index is 12.9. The molecule has 2 atom stereocenters. The van der Waals surface area contributed by atoms with Crippen LogP contribution in [0.1, 0.15) is 38.7 Å². The van der Waals surface area contributed by atoms with Gasteiger partial charge in [0.15, 0.2) is 11.5 Å². The number of ether oxygens (including phenoxy) is 3. The lowest BCUT2D eigenvalue weighted by Crippen LogP contribution is -2.42. The number of urea groups is 1. The second-order valence-electron chi connectivity index (χ2n) is 7.47. The van der Waals surface area contributed by atoms with Crippen molar-refractivity contribution in [3.05, 3.63) is 17.7 Å². The molecule has 3 amide bonds. The normalized spacial score (nSPS) is 18.5. The highest BCUT2D eigenvalue weighted by Gasteiger charge is 2.41. The van der Waals surface area contributed by atoms with E-state index in [1.54, 1.807) is 26.2 Å². The molecule has 1 aromatic rings. The number of carbonyl (C=O) groups is 2. The molecule has 1 saturated heterocycles. The standard InChI is InChI=1S/C21H33N3O5/c1-7-8-22-20(25)16-12-24(21(26)23-13(2)3)11-15(16)14-9-17(27-4)19(29-6)18(10-14)28-5/h9-10,13,15-16H,7-8,11-12H2,1-6H3,(H,22,25)(H,23,26). The molecule has 2 unspecified atom stereocenters. The van der Waals surface area contributed by atoms with E-state index in [4.69, 9.17) is 14.2 Å². The van der Waals surface area contributed by atoms with E-state index < -0.39 is 0 Å². The van der Waals surface area contributed by atoms with Crippen molar-refractivity contribution in [2.75, 3.05) is 41.0 Å². The van der Waals surface area contributed by atoms with Crippen LogP contribution in [0.5, 0.6) is 17.2 Å². The number of amides is 3. The summed E-state index contributed by atoms with van der Waals surface area (Å²) in [5.74, 6) is 0.962. The number of hydrogen-bond acceptors (Lipinski definition) is 5. The van der Waals surface area contributed by atoms with Crippen LogP contribution in [0.4, 0.5) is 4.79 Å². The Balaban J connectivity index is 2.39. The number of nitrogens with one attached hydrogen (secondary N) is 2. The van der Waals surface area contributed by atoms with E-state index in [-0.39, 0.29) is 29.8 Å². The molecule has 29 heavy (non-hydrogen) atoms. The molecule has 162 valence electrons. The number of likely N-dealkylation sites (tertiary alicyclic amines) is 1. The Kier molecular flexibility index (Phi) is 7.99. The minimum Gasteiger partial charge on any atom is -0.493 e. The predicted molar refractivity (Wildman–Crippen MR) is 111 cm³/mol. The molecule has 0 radical (unpaired) electrons. The van der Waals surface area contributed by atoms with Crippen LogP contribution in [-0.4, -0.2) is 63.8 Å². The van der Waals surface area contributed by atoms with Crippen LogP contribution >= 0.6 is 0 Å². The number of nitrogens with zero attached hydrogens (tertiary/aromatic N) is 1. The first-order chi connectivity index (χ1) is 13.9. The molecule has 0 aromatic heterocycles. The lowest BCUT2D eigenvalue weighted by molar-refractivity contribution is -0.124. The highest BCUT2D eigenvalue weighted by Crippen LogP contribution is 2.43. The lowest BCUT2D eigenvalue weighted by Gasteiger charge is -2.21. The molecule has 0 spiro atoms. The molecule has 2 rings (SSSR count). The van der Waals surface area contributed by atoms with E-state index in [2.05, 4.69) is 10.6 Å². The van der Waals surface area contributed by atoms with Gasteiger partial charge in [-0.05, 0) is 38.0 Å². The van der Waals surface area contributed by atoms with Gasteiger partial charge in [-0.2, -0.15) is 0 Å². The molecule has 1 aliphatic rings. The van der Waals surface area contributed by atoms with Crippen LogP contribution in [0.3, 0.4) is 0 Å². The Bertz CT molecular complexity index is 697. The average molecular weight is 408 g/mol. The third kappa shape index (κ3) is 5.25. The number of rotatable bonds is 8. The van der Waals surface area contributed by atoms with Gasteiger partial charge in [0.05, 0.1) is 27.2 Å². The zero-order valence-corrected chi connectivity index (χ0v) is 18.2. The van der Waals surface area contributed by atoms with Crippen LogP contribution in [0.15, 0.2) is 12.1 Å². The first kappa shape index (κ1) is 22.6. The maximum atomic E-state index is 12.9. The number of methoxy groups -OCH3 is 3. The summed E-state index contributed by atoms with van der Waals surface area (Å²) in [5, 5.41) is 5.88. The van der Waals surface area contributed by atoms with E-state index >= 15 is 0 Å². The monoisotopic (exact) mass is 407 g/mol. The van der Waals surface area contributed by atoms with Gasteiger partial charge in [-0.1, -0.05) is 6.92 Å². The number of benzene rings is 1. The maximum Gasteiger partial charge on any atom is 0.317 e. The largest absolute Gasteiger partial charge is 0.493 e. The number of hydrogen-bond donors (Lipinski definition) is 2. The summed E-state index contributed by atoms with van der Waals surface area (Å²) < 4.78 is 16.3. The molecule has 0 saturated carbocycles. The summed E-state index contributed by atoms with van der Waals surface area (Å²) in [6.45, 7) is 7.23. The molecule has 1 aliphatic heterocycles. The minimum absolute atomic E-state index is 0.0232. The molecule has 0 bridgehead atoms. The smallest absolute Gasteiger partial charge is 0.317 e. The Morgan fingerprint density at radius 1 is 1.10 bits per heavy atom. The second-order valence-corrected chi connectivity index (χ2v) is 7.47. The zero-order valence-electron chi connectivity index (χ0n) is 18.2. The molecule has 1 heterocycles. The van der Waals surface area contributed by atoms with Crippen molar-refractivity contribution in [3.8, 4) is 17.2 Å². The van der Waals surface area contributed by atoms with Gasteiger partial charge in [0.2, 0.25) is 11.7 Å². The predicted octanol–water partition coefficient (Wildman–Crippen LogP) is 2.37. The van der Waals surface area contributed by atoms with E-state index in [0.29, 0.717) is 36.9 Å². The molecular formula is C21H33N3O5. The first-order valence-electron chi connectivity index (χ1n) is 9.99. The average Bonchev–Trinajstić information content (AvgIpc) is 3.16. The van der Waals surface area contributed by atoms with Crippen molar-refractivity contribution >= 4 is 11.9 Å². The van der Waals surface area contributed by atoms with Crippen molar-refractivity contribution in [3.63, 3.8) is 0 Å². The van der Waals surface area contributed by atoms with Crippen molar-refractivity contribution in [2.45, 2.75) is 39.2 Å². The van der Waals surface area contributed by atoms with Crippen LogP contribution in [0, 0.1) is 5.92 Å². The van der Waals surface area contributed by atoms with Crippen LogP contribution in [0.25, 0.3) is 0 Å². The van der Waals surface area contributed by atoms with E-state index in [9.17, 15) is 9.59 Å². The summed E-state index contributed by atoms with van der Waals surface area (Å²) in [4.78, 5) is 27.1. The van der Waals surface area contributed by atoms with E-state index in [0.717, 1.165) is 12.0 Å². The molecule has 8 nitrogen and oxygen atoms in total. The first-order valence-corrected chi connectivity index (χ1v) is 9.99. The van der Waals surface area contributed by atoms with Gasteiger partial charge in [0, 0.05) is 31.6 Å². The van der Waals surface area contributed by atoms with Gasteiger partial charge in [0.1, 0.15) is 0 Å². The van der Waals surface area contributed by atoms with Crippen LogP contribution < -0.4 is 24.8 Å². The molecule has 1 aromatic carbocycles. The fourth-order valence-corrected chi connectivity index (χ4v) is 3.61. The minimum atomic E-state index is -0.359. The molecule has 2 N–H and O–H groups in total. The highest BCUT2D eigenvalue weighted by molar-refractivity contribution is 5.83. The van der Waals surface area contributed by atoms with Gasteiger partial charge in [-0.25, -0.2) is 4.79 Å². The molecular weight excluding hydrogens is 374 g/mol. The Morgan fingerprint density at radius 2 is 1.72 bits per heavy atom.